The Balaban J connectivity index is 2.57. The molecule has 0 spiro atoms. The molecule has 69 valence electrons. The number of aromatic nitrogens is 1. The van der Waals surface area contributed by atoms with Gasteiger partial charge in [0.15, 0.2) is 0 Å². The maximum absolute atomic E-state index is 6.01. The predicted octanol–water partition coefficient (Wildman–Crippen LogP) is 3.86. The van der Waals surface area contributed by atoms with E-state index < -0.39 is 0 Å². The van der Waals surface area contributed by atoms with Crippen LogP contribution in [0.4, 0.5) is 0 Å². The molecule has 1 nitrogen and oxygen atoms in total. The van der Waals surface area contributed by atoms with Crippen molar-refractivity contribution in [3.8, 4) is 11.3 Å². The number of pyridine rings is 1. The van der Waals surface area contributed by atoms with Gasteiger partial charge in [0, 0.05) is 22.8 Å². The van der Waals surface area contributed by atoms with E-state index in [4.69, 9.17) is 23.2 Å². The van der Waals surface area contributed by atoms with Gasteiger partial charge in [-0.25, -0.2) is 0 Å². The molecule has 0 bridgehead atoms. The Morgan fingerprint density at radius 2 is 2.07 bits per heavy atom. The second-order valence-electron chi connectivity index (χ2n) is 2.75. The third-order valence-corrected chi connectivity index (χ3v) is 2.35. The Morgan fingerprint density at radius 1 is 1.21 bits per heavy atom. The summed E-state index contributed by atoms with van der Waals surface area (Å²) in [6.07, 6.45) is 1.70. The van der Waals surface area contributed by atoms with Crippen molar-refractivity contribution in [2.75, 3.05) is 0 Å². The minimum atomic E-state index is 0.629. The number of hydrogen-bond acceptors (Lipinski definition) is 1. The number of rotatable bonds is 1. The molecule has 0 aliphatic carbocycles. The van der Waals surface area contributed by atoms with Gasteiger partial charge in [-0.15, -0.1) is 0 Å². The van der Waals surface area contributed by atoms with Crippen molar-refractivity contribution in [3.63, 3.8) is 0 Å². The van der Waals surface area contributed by atoms with E-state index in [1.165, 1.54) is 0 Å². The molecule has 0 atom stereocenters. The Morgan fingerprint density at radius 3 is 2.79 bits per heavy atom. The molecule has 0 N–H and O–H groups in total. The number of benzene rings is 1. The quantitative estimate of drug-likeness (QED) is 0.715. The molecule has 1 aromatic carbocycles. The van der Waals surface area contributed by atoms with Gasteiger partial charge >= 0.3 is 0 Å². The molecule has 1 radical (unpaired) electrons. The Bertz CT molecular complexity index is 440. The van der Waals surface area contributed by atoms with E-state index >= 15 is 0 Å². The van der Waals surface area contributed by atoms with Gasteiger partial charge in [-0.1, -0.05) is 29.3 Å². The Kier molecular flexibility index (Phi) is 2.71. The lowest BCUT2D eigenvalue weighted by Crippen LogP contribution is -1.83. The normalized spacial score (nSPS) is 10.1. The maximum Gasteiger partial charge on any atom is 0.0796 e. The fourth-order valence-electron chi connectivity index (χ4n) is 1.15. The molecule has 0 aliphatic heterocycles. The number of halogens is 2. The van der Waals surface area contributed by atoms with Gasteiger partial charge in [0.1, 0.15) is 0 Å². The van der Waals surface area contributed by atoms with Crippen molar-refractivity contribution in [3.05, 3.63) is 52.6 Å². The summed E-state index contributed by atoms with van der Waals surface area (Å²) in [5.41, 5.74) is 1.51. The monoisotopic (exact) mass is 222 g/mol. The maximum atomic E-state index is 6.01. The lowest BCUT2D eigenvalue weighted by Gasteiger charge is -2.02. The minimum absolute atomic E-state index is 0.629. The van der Waals surface area contributed by atoms with Crippen molar-refractivity contribution in [1.29, 1.82) is 0 Å². The summed E-state index contributed by atoms with van der Waals surface area (Å²) >= 11 is 11.9. The second-order valence-corrected chi connectivity index (χ2v) is 3.60. The summed E-state index contributed by atoms with van der Waals surface area (Å²) in [6, 6.07) is 11.9. The van der Waals surface area contributed by atoms with Gasteiger partial charge in [-0.3, -0.25) is 4.98 Å². The third kappa shape index (κ3) is 1.89. The van der Waals surface area contributed by atoms with Crippen molar-refractivity contribution >= 4 is 23.2 Å². The Labute approximate surface area is 92.3 Å². The van der Waals surface area contributed by atoms with Crippen LogP contribution < -0.4 is 0 Å². The summed E-state index contributed by atoms with van der Waals surface area (Å²) in [4.78, 5) is 4.15. The molecular formula is C11H6Cl2N. The lowest BCUT2D eigenvalue weighted by atomic mass is 10.1. The van der Waals surface area contributed by atoms with E-state index in [0.717, 1.165) is 5.56 Å². The van der Waals surface area contributed by atoms with Crippen LogP contribution in [0.2, 0.25) is 10.0 Å². The number of nitrogens with zero attached hydrogens (tertiary/aromatic N) is 1. The average Bonchev–Trinajstić information content (AvgIpc) is 2.23. The summed E-state index contributed by atoms with van der Waals surface area (Å²) in [6.45, 7) is 0. The third-order valence-electron chi connectivity index (χ3n) is 1.79. The molecule has 3 heteroatoms. The molecular weight excluding hydrogens is 217 g/mol. The van der Waals surface area contributed by atoms with E-state index in [1.54, 1.807) is 30.5 Å². The molecule has 0 saturated heterocycles. The summed E-state index contributed by atoms with van der Waals surface area (Å²) in [5, 5.41) is 1.27. The van der Waals surface area contributed by atoms with Gasteiger partial charge in [0.25, 0.3) is 0 Å². The highest BCUT2D eigenvalue weighted by molar-refractivity contribution is 6.35. The predicted molar refractivity (Wildman–Crippen MR) is 58.5 cm³/mol. The molecule has 0 amide bonds. The zero-order chi connectivity index (χ0) is 9.97. The first-order valence-corrected chi connectivity index (χ1v) is 4.81. The van der Waals surface area contributed by atoms with Gasteiger partial charge < -0.3 is 0 Å². The fraction of sp³-hybridized carbons (Fsp3) is 0. The fourth-order valence-corrected chi connectivity index (χ4v) is 1.53. The smallest absolute Gasteiger partial charge is 0.0796 e. The first-order chi connectivity index (χ1) is 6.77. The van der Waals surface area contributed by atoms with E-state index in [9.17, 15) is 0 Å². The molecule has 0 fully saturated rings. The van der Waals surface area contributed by atoms with Gasteiger partial charge in [0.2, 0.25) is 0 Å². The highest BCUT2D eigenvalue weighted by Crippen LogP contribution is 2.28. The second kappa shape index (κ2) is 3.99. The highest BCUT2D eigenvalue weighted by Gasteiger charge is 2.04. The van der Waals surface area contributed by atoms with Crippen LogP contribution in [0.3, 0.4) is 0 Å². The van der Waals surface area contributed by atoms with E-state index in [-0.39, 0.29) is 0 Å². The van der Waals surface area contributed by atoms with Crippen molar-refractivity contribution in [2.45, 2.75) is 0 Å². The van der Waals surface area contributed by atoms with Crippen LogP contribution >= 0.6 is 23.2 Å². The van der Waals surface area contributed by atoms with Crippen LogP contribution in [-0.2, 0) is 0 Å². The van der Waals surface area contributed by atoms with E-state index in [1.807, 2.05) is 6.07 Å². The molecule has 0 unspecified atom stereocenters. The van der Waals surface area contributed by atoms with Crippen molar-refractivity contribution in [2.24, 2.45) is 0 Å². The average molecular weight is 223 g/mol. The SMILES string of the molecule is Clc1ccc(Cl)c(-c2[c]cccn2)c1. The molecule has 14 heavy (non-hydrogen) atoms. The van der Waals surface area contributed by atoms with Crippen LogP contribution in [0.5, 0.6) is 0 Å². The lowest BCUT2D eigenvalue weighted by molar-refractivity contribution is 1.32. The molecule has 1 aromatic heterocycles. The van der Waals surface area contributed by atoms with Crippen LogP contribution in [0.25, 0.3) is 11.3 Å². The van der Waals surface area contributed by atoms with Gasteiger partial charge in [0.05, 0.1) is 10.7 Å². The molecule has 0 aliphatic rings. The van der Waals surface area contributed by atoms with Crippen molar-refractivity contribution < 1.29 is 0 Å². The first kappa shape index (κ1) is 9.50. The zero-order valence-corrected chi connectivity index (χ0v) is 8.68. The van der Waals surface area contributed by atoms with Crippen LogP contribution in [0.1, 0.15) is 0 Å². The molecule has 2 rings (SSSR count). The van der Waals surface area contributed by atoms with E-state index in [2.05, 4.69) is 11.1 Å². The number of hydrogen-bond donors (Lipinski definition) is 0. The zero-order valence-electron chi connectivity index (χ0n) is 7.17. The minimum Gasteiger partial charge on any atom is -0.256 e. The molecule has 1 heterocycles. The summed E-state index contributed by atoms with van der Waals surface area (Å²) in [5.74, 6) is 0. The largest absolute Gasteiger partial charge is 0.256 e. The summed E-state index contributed by atoms with van der Waals surface area (Å²) < 4.78 is 0. The first-order valence-electron chi connectivity index (χ1n) is 4.05. The Hall–Kier alpha value is -1.05. The van der Waals surface area contributed by atoms with Crippen LogP contribution in [0, 0.1) is 6.07 Å². The van der Waals surface area contributed by atoms with Crippen LogP contribution in [0.15, 0.2) is 36.5 Å². The topological polar surface area (TPSA) is 12.9 Å². The van der Waals surface area contributed by atoms with Crippen molar-refractivity contribution in [1.82, 2.24) is 4.98 Å². The molecule has 0 saturated carbocycles. The summed E-state index contributed by atoms with van der Waals surface area (Å²) in [7, 11) is 0. The highest BCUT2D eigenvalue weighted by atomic mass is 35.5. The van der Waals surface area contributed by atoms with Gasteiger partial charge in [-0.2, -0.15) is 0 Å². The standard InChI is InChI=1S/C11H6Cl2N/c12-8-4-5-10(13)9(7-8)11-3-1-2-6-14-11/h1-2,4-7H. The van der Waals surface area contributed by atoms with E-state index in [0.29, 0.717) is 15.7 Å². The molecule has 2 aromatic rings. The van der Waals surface area contributed by atoms with Crippen LogP contribution in [-0.4, -0.2) is 4.98 Å². The van der Waals surface area contributed by atoms with Gasteiger partial charge in [-0.05, 0) is 24.3 Å².